The summed E-state index contributed by atoms with van der Waals surface area (Å²) < 4.78 is 12.2. The molecule has 3 N–H and O–H groups in total. The van der Waals surface area contributed by atoms with E-state index in [4.69, 9.17) is 5.73 Å². The second-order valence-electron chi connectivity index (χ2n) is 4.47. The fourth-order valence-electron chi connectivity index (χ4n) is 1.97. The van der Waals surface area contributed by atoms with E-state index >= 15 is 0 Å². The minimum atomic E-state index is -1.15. The smallest absolute Gasteiger partial charge is 0.197 e. The van der Waals surface area contributed by atoms with Crippen LogP contribution in [0.1, 0.15) is 5.56 Å². The lowest BCUT2D eigenvalue weighted by molar-refractivity contribution is 0.677. The van der Waals surface area contributed by atoms with E-state index in [1.807, 2.05) is 18.2 Å². The number of benzene rings is 1. The lowest BCUT2D eigenvalue weighted by Crippen LogP contribution is -2.03. The van der Waals surface area contributed by atoms with Gasteiger partial charge in [-0.1, -0.05) is 0 Å². The minimum Gasteiger partial charge on any atom is -0.399 e. The highest BCUT2D eigenvalue weighted by atomic mass is 32.2. The van der Waals surface area contributed by atoms with Gasteiger partial charge < -0.3 is 10.7 Å². The SMILES string of the molecule is Nc1ccc2nc(S(=O)CCc3ccncc3)[nH]c2c1. The van der Waals surface area contributed by atoms with Crippen molar-refractivity contribution in [1.82, 2.24) is 15.0 Å². The summed E-state index contributed by atoms with van der Waals surface area (Å²) in [7, 11) is -1.15. The van der Waals surface area contributed by atoms with Crippen LogP contribution in [-0.4, -0.2) is 24.9 Å². The average Bonchev–Trinajstić information content (AvgIpc) is 2.89. The van der Waals surface area contributed by atoms with E-state index in [0.29, 0.717) is 16.6 Å². The molecule has 0 amide bonds. The number of pyridine rings is 1. The van der Waals surface area contributed by atoms with E-state index in [-0.39, 0.29) is 0 Å². The first-order valence-corrected chi connectivity index (χ1v) is 7.57. The maximum absolute atomic E-state index is 12.2. The molecule has 0 aliphatic heterocycles. The number of aryl methyl sites for hydroxylation is 1. The number of nitrogen functional groups attached to an aromatic ring is 1. The first-order chi connectivity index (χ1) is 9.72. The van der Waals surface area contributed by atoms with Crippen LogP contribution in [0.4, 0.5) is 5.69 Å². The molecule has 3 aromatic rings. The van der Waals surface area contributed by atoms with Gasteiger partial charge in [-0.25, -0.2) is 4.98 Å². The van der Waals surface area contributed by atoms with Crippen LogP contribution in [0.25, 0.3) is 11.0 Å². The lowest BCUT2D eigenvalue weighted by Gasteiger charge is -1.99. The number of nitrogens with two attached hydrogens (primary N) is 1. The third-order valence-electron chi connectivity index (χ3n) is 3.03. The monoisotopic (exact) mass is 286 g/mol. The van der Waals surface area contributed by atoms with E-state index in [1.165, 1.54) is 0 Å². The predicted molar refractivity (Wildman–Crippen MR) is 79.7 cm³/mol. The first kappa shape index (κ1) is 12.8. The van der Waals surface area contributed by atoms with Gasteiger partial charge in [0.2, 0.25) is 0 Å². The second kappa shape index (κ2) is 5.42. The number of H-pyrrole nitrogens is 1. The Bertz CT molecular complexity index is 754. The topological polar surface area (TPSA) is 84.7 Å². The van der Waals surface area contributed by atoms with Gasteiger partial charge in [-0.2, -0.15) is 0 Å². The number of imidazole rings is 1. The molecule has 0 bridgehead atoms. The number of hydrogen-bond acceptors (Lipinski definition) is 4. The third kappa shape index (κ3) is 2.70. The highest BCUT2D eigenvalue weighted by molar-refractivity contribution is 7.84. The molecule has 0 fully saturated rings. The van der Waals surface area contributed by atoms with Crippen LogP contribution in [-0.2, 0) is 17.2 Å². The van der Waals surface area contributed by atoms with Gasteiger partial charge in [0.25, 0.3) is 0 Å². The summed E-state index contributed by atoms with van der Waals surface area (Å²) in [5.41, 5.74) is 9.10. The molecule has 1 atom stereocenters. The van der Waals surface area contributed by atoms with E-state index in [2.05, 4.69) is 15.0 Å². The molecule has 0 aliphatic rings. The van der Waals surface area contributed by atoms with Crippen molar-refractivity contribution in [2.45, 2.75) is 11.6 Å². The number of aromatic nitrogens is 3. The molecule has 20 heavy (non-hydrogen) atoms. The van der Waals surface area contributed by atoms with Crippen LogP contribution < -0.4 is 5.73 Å². The molecule has 5 nitrogen and oxygen atoms in total. The Labute approximate surface area is 118 Å². The second-order valence-corrected chi connectivity index (χ2v) is 5.96. The van der Waals surface area contributed by atoms with E-state index in [1.54, 1.807) is 24.5 Å². The van der Waals surface area contributed by atoms with Crippen molar-refractivity contribution in [3.63, 3.8) is 0 Å². The van der Waals surface area contributed by atoms with Crippen molar-refractivity contribution < 1.29 is 4.21 Å². The van der Waals surface area contributed by atoms with Gasteiger partial charge in [-0.3, -0.25) is 9.19 Å². The quantitative estimate of drug-likeness (QED) is 0.717. The summed E-state index contributed by atoms with van der Waals surface area (Å²) >= 11 is 0. The van der Waals surface area contributed by atoms with Gasteiger partial charge in [0, 0.05) is 23.8 Å². The summed E-state index contributed by atoms with van der Waals surface area (Å²) in [6.45, 7) is 0. The molecule has 0 spiro atoms. The van der Waals surface area contributed by atoms with Crippen molar-refractivity contribution >= 4 is 27.5 Å². The fourth-order valence-corrected chi connectivity index (χ4v) is 3.01. The highest BCUT2D eigenvalue weighted by Gasteiger charge is 2.10. The van der Waals surface area contributed by atoms with Crippen LogP contribution in [0.2, 0.25) is 0 Å². The van der Waals surface area contributed by atoms with Crippen LogP contribution in [0.5, 0.6) is 0 Å². The number of fused-ring (bicyclic) bond motifs is 1. The van der Waals surface area contributed by atoms with Gasteiger partial charge in [0.1, 0.15) is 0 Å². The standard InChI is InChI=1S/C14H14N4OS/c15-11-1-2-12-13(9-11)18-14(17-12)20(19)8-5-10-3-6-16-7-4-10/h1-4,6-7,9H,5,8,15H2,(H,17,18). The van der Waals surface area contributed by atoms with Gasteiger partial charge in [-0.05, 0) is 42.3 Å². The summed E-state index contributed by atoms with van der Waals surface area (Å²) in [6, 6.07) is 9.26. The van der Waals surface area contributed by atoms with Crippen molar-refractivity contribution in [2.75, 3.05) is 11.5 Å². The average molecular weight is 286 g/mol. The highest BCUT2D eigenvalue weighted by Crippen LogP contribution is 2.17. The largest absolute Gasteiger partial charge is 0.399 e. The molecular formula is C14H14N4OS. The number of nitrogens with one attached hydrogen (secondary N) is 1. The van der Waals surface area contributed by atoms with Crippen molar-refractivity contribution in [3.05, 3.63) is 48.3 Å². The third-order valence-corrected chi connectivity index (χ3v) is 4.22. The van der Waals surface area contributed by atoms with E-state index in [0.717, 1.165) is 23.0 Å². The van der Waals surface area contributed by atoms with Gasteiger partial charge >= 0.3 is 0 Å². The van der Waals surface area contributed by atoms with Crippen LogP contribution in [0.3, 0.4) is 0 Å². The number of hydrogen-bond donors (Lipinski definition) is 2. The van der Waals surface area contributed by atoms with E-state index in [9.17, 15) is 4.21 Å². The minimum absolute atomic E-state index is 0.500. The molecule has 2 heterocycles. The summed E-state index contributed by atoms with van der Waals surface area (Å²) in [6.07, 6.45) is 4.21. The Morgan fingerprint density at radius 3 is 2.80 bits per heavy atom. The Morgan fingerprint density at radius 2 is 2.00 bits per heavy atom. The summed E-state index contributed by atoms with van der Waals surface area (Å²) in [5.74, 6) is 0.527. The molecule has 0 aliphatic carbocycles. The lowest BCUT2D eigenvalue weighted by atomic mass is 10.2. The van der Waals surface area contributed by atoms with Gasteiger partial charge in [-0.15, -0.1) is 0 Å². The summed E-state index contributed by atoms with van der Waals surface area (Å²) in [4.78, 5) is 11.4. The van der Waals surface area contributed by atoms with E-state index < -0.39 is 10.8 Å². The number of aromatic amines is 1. The molecule has 2 aromatic heterocycles. The number of rotatable bonds is 4. The number of nitrogens with zero attached hydrogens (tertiary/aromatic N) is 2. The van der Waals surface area contributed by atoms with Gasteiger partial charge in [0.15, 0.2) is 5.16 Å². The predicted octanol–water partition coefficient (Wildman–Crippen LogP) is 1.89. The van der Waals surface area contributed by atoms with Crippen molar-refractivity contribution in [3.8, 4) is 0 Å². The molecule has 3 rings (SSSR count). The molecule has 6 heteroatoms. The zero-order valence-electron chi connectivity index (χ0n) is 10.7. The molecule has 1 unspecified atom stereocenters. The van der Waals surface area contributed by atoms with Crippen molar-refractivity contribution in [2.24, 2.45) is 0 Å². The van der Waals surface area contributed by atoms with Gasteiger partial charge in [0.05, 0.1) is 21.8 Å². The van der Waals surface area contributed by atoms with Crippen molar-refractivity contribution in [1.29, 1.82) is 0 Å². The van der Waals surface area contributed by atoms with Crippen LogP contribution >= 0.6 is 0 Å². The molecule has 1 aromatic carbocycles. The Balaban J connectivity index is 1.75. The zero-order valence-corrected chi connectivity index (χ0v) is 11.6. The first-order valence-electron chi connectivity index (χ1n) is 6.25. The molecule has 0 radical (unpaired) electrons. The van der Waals surface area contributed by atoms with Crippen LogP contribution in [0.15, 0.2) is 47.9 Å². The normalized spacial score (nSPS) is 12.6. The molecule has 102 valence electrons. The molecular weight excluding hydrogens is 272 g/mol. The fraction of sp³-hybridized carbons (Fsp3) is 0.143. The summed E-state index contributed by atoms with van der Waals surface area (Å²) in [5, 5.41) is 0.500. The zero-order chi connectivity index (χ0) is 13.9. The van der Waals surface area contributed by atoms with Crippen LogP contribution in [0, 0.1) is 0 Å². The maximum atomic E-state index is 12.2. The Kier molecular flexibility index (Phi) is 3.47. The molecule has 0 saturated carbocycles. The maximum Gasteiger partial charge on any atom is 0.197 e. The number of anilines is 1. The molecule has 0 saturated heterocycles. The Morgan fingerprint density at radius 1 is 1.20 bits per heavy atom. The Hall–Kier alpha value is -2.21.